The molecule has 2 aromatic carbocycles. The van der Waals surface area contributed by atoms with Gasteiger partial charge in [-0.25, -0.2) is 13.2 Å². The highest BCUT2D eigenvalue weighted by Crippen LogP contribution is 2.24. The fourth-order valence-corrected chi connectivity index (χ4v) is 4.80. The second kappa shape index (κ2) is 10.3. The lowest BCUT2D eigenvalue weighted by atomic mass is 10.2. The van der Waals surface area contributed by atoms with Crippen LogP contribution in [0.4, 0.5) is 17.1 Å². The molecular formula is C22H21N3O6S2. The number of para-hydroxylation sites is 1. The van der Waals surface area contributed by atoms with Crippen molar-refractivity contribution in [3.05, 3.63) is 71.6 Å². The number of sulfonamides is 1. The minimum atomic E-state index is -3.87. The van der Waals surface area contributed by atoms with E-state index in [1.807, 2.05) is 0 Å². The summed E-state index contributed by atoms with van der Waals surface area (Å²) < 4.78 is 32.8. The van der Waals surface area contributed by atoms with Crippen molar-refractivity contribution in [1.82, 2.24) is 0 Å². The van der Waals surface area contributed by atoms with Crippen molar-refractivity contribution < 1.29 is 27.5 Å². The van der Waals surface area contributed by atoms with Crippen LogP contribution in [0, 0.1) is 0 Å². The van der Waals surface area contributed by atoms with E-state index in [4.69, 9.17) is 4.74 Å². The second-order valence-electron chi connectivity index (χ2n) is 6.88. The summed E-state index contributed by atoms with van der Waals surface area (Å²) >= 11 is 1.04. The molecule has 0 aliphatic heterocycles. The summed E-state index contributed by atoms with van der Waals surface area (Å²) in [6.07, 6.45) is -1.16. The molecule has 172 valence electrons. The fourth-order valence-electron chi connectivity index (χ4n) is 2.72. The molecule has 1 heterocycles. The Bertz CT molecular complexity index is 1260. The zero-order chi connectivity index (χ0) is 24.0. The quantitative estimate of drug-likeness (QED) is 0.416. The predicted molar refractivity (Wildman–Crippen MR) is 126 cm³/mol. The van der Waals surface area contributed by atoms with Gasteiger partial charge in [-0.1, -0.05) is 18.2 Å². The number of ether oxygens (including phenoxy) is 1. The van der Waals surface area contributed by atoms with Gasteiger partial charge in [0.25, 0.3) is 15.9 Å². The number of carbonyl (C=O) groups is 3. The van der Waals surface area contributed by atoms with Crippen LogP contribution in [0.2, 0.25) is 0 Å². The van der Waals surface area contributed by atoms with Crippen LogP contribution in [0.15, 0.2) is 70.3 Å². The third-order valence-electron chi connectivity index (χ3n) is 4.28. The van der Waals surface area contributed by atoms with Gasteiger partial charge in [-0.2, -0.15) is 0 Å². The maximum absolute atomic E-state index is 12.7. The first-order chi connectivity index (χ1) is 15.7. The van der Waals surface area contributed by atoms with E-state index in [9.17, 15) is 22.8 Å². The number of rotatable bonds is 8. The molecule has 2 amide bonds. The van der Waals surface area contributed by atoms with E-state index in [2.05, 4.69) is 15.4 Å². The first kappa shape index (κ1) is 24.0. The topological polar surface area (TPSA) is 131 Å². The SMILES string of the molecule is CC(=O)Nc1ccc(NC(=O)[C@@H](C)OC(=O)c2ccccc2NS(=O)(=O)c2cccs2)cc1. The average Bonchev–Trinajstić information content (AvgIpc) is 3.31. The summed E-state index contributed by atoms with van der Waals surface area (Å²) in [6.45, 7) is 2.79. The second-order valence-corrected chi connectivity index (χ2v) is 9.74. The van der Waals surface area contributed by atoms with E-state index < -0.39 is 28.0 Å². The maximum Gasteiger partial charge on any atom is 0.341 e. The van der Waals surface area contributed by atoms with Gasteiger partial charge in [0.05, 0.1) is 11.3 Å². The van der Waals surface area contributed by atoms with Crippen molar-refractivity contribution in [2.24, 2.45) is 0 Å². The largest absolute Gasteiger partial charge is 0.449 e. The smallest absolute Gasteiger partial charge is 0.341 e. The van der Waals surface area contributed by atoms with E-state index in [1.165, 1.54) is 32.0 Å². The van der Waals surface area contributed by atoms with Crippen molar-refractivity contribution in [2.75, 3.05) is 15.4 Å². The normalized spacial score (nSPS) is 11.8. The number of anilines is 3. The van der Waals surface area contributed by atoms with Crippen LogP contribution in [-0.2, 0) is 24.3 Å². The zero-order valence-corrected chi connectivity index (χ0v) is 19.3. The molecule has 3 rings (SSSR count). The van der Waals surface area contributed by atoms with Crippen LogP contribution < -0.4 is 15.4 Å². The number of thiophene rings is 1. The van der Waals surface area contributed by atoms with Gasteiger partial charge in [-0.3, -0.25) is 14.3 Å². The van der Waals surface area contributed by atoms with Crippen LogP contribution in [0.1, 0.15) is 24.2 Å². The molecule has 0 saturated heterocycles. The monoisotopic (exact) mass is 487 g/mol. The van der Waals surface area contributed by atoms with Crippen molar-refractivity contribution in [3.8, 4) is 0 Å². The minimum absolute atomic E-state index is 0.0306. The van der Waals surface area contributed by atoms with Crippen molar-refractivity contribution in [2.45, 2.75) is 24.2 Å². The lowest BCUT2D eigenvalue weighted by molar-refractivity contribution is -0.123. The maximum atomic E-state index is 12.7. The van der Waals surface area contributed by atoms with Crippen molar-refractivity contribution in [1.29, 1.82) is 0 Å². The molecule has 33 heavy (non-hydrogen) atoms. The first-order valence-electron chi connectivity index (χ1n) is 9.70. The highest BCUT2D eigenvalue weighted by molar-refractivity contribution is 7.94. The Balaban J connectivity index is 1.66. The molecule has 1 aromatic heterocycles. The van der Waals surface area contributed by atoms with E-state index in [0.29, 0.717) is 11.4 Å². The number of esters is 1. The summed E-state index contributed by atoms with van der Waals surface area (Å²) in [5.41, 5.74) is 1.02. The Morgan fingerprint density at radius 1 is 0.909 bits per heavy atom. The van der Waals surface area contributed by atoms with Crippen molar-refractivity contribution in [3.63, 3.8) is 0 Å². The number of amides is 2. The van der Waals surface area contributed by atoms with Crippen LogP contribution in [0.25, 0.3) is 0 Å². The summed E-state index contributed by atoms with van der Waals surface area (Å²) in [7, 11) is -3.87. The average molecular weight is 488 g/mol. The van der Waals surface area contributed by atoms with Crippen molar-refractivity contribution >= 4 is 56.2 Å². The molecule has 0 fully saturated rings. The molecule has 3 N–H and O–H groups in total. The molecular weight excluding hydrogens is 466 g/mol. The third-order valence-corrected chi connectivity index (χ3v) is 7.04. The molecule has 0 radical (unpaired) electrons. The molecule has 3 aromatic rings. The summed E-state index contributed by atoms with van der Waals surface area (Å²) in [5, 5.41) is 6.85. The Kier molecular flexibility index (Phi) is 7.46. The van der Waals surface area contributed by atoms with Gasteiger partial charge >= 0.3 is 5.97 Å². The van der Waals surface area contributed by atoms with E-state index in [-0.39, 0.29) is 21.4 Å². The summed E-state index contributed by atoms with van der Waals surface area (Å²) in [5.74, 6) is -1.65. The number of hydrogen-bond acceptors (Lipinski definition) is 7. The lowest BCUT2D eigenvalue weighted by Gasteiger charge is -2.16. The number of carbonyl (C=O) groups excluding carboxylic acids is 3. The molecule has 9 nitrogen and oxygen atoms in total. The Hall–Kier alpha value is -3.70. The van der Waals surface area contributed by atoms with E-state index in [0.717, 1.165) is 11.3 Å². The number of hydrogen-bond donors (Lipinski definition) is 3. The molecule has 0 saturated carbocycles. The van der Waals surface area contributed by atoms with Gasteiger partial charge in [0.1, 0.15) is 4.21 Å². The zero-order valence-electron chi connectivity index (χ0n) is 17.7. The first-order valence-corrected chi connectivity index (χ1v) is 12.1. The third kappa shape index (κ3) is 6.40. The van der Waals surface area contributed by atoms with Crippen LogP contribution in [0.3, 0.4) is 0 Å². The fraction of sp³-hybridized carbons (Fsp3) is 0.136. The summed E-state index contributed by atoms with van der Waals surface area (Å²) in [4.78, 5) is 36.2. The molecule has 0 aliphatic rings. The number of benzene rings is 2. The number of nitrogens with one attached hydrogen (secondary N) is 3. The van der Waals surface area contributed by atoms with Crippen LogP contribution in [-0.4, -0.2) is 32.3 Å². The van der Waals surface area contributed by atoms with Gasteiger partial charge in [-0.05, 0) is 54.8 Å². The summed E-state index contributed by atoms with van der Waals surface area (Å²) in [6, 6.07) is 15.4. The molecule has 0 aliphatic carbocycles. The predicted octanol–water partition coefficient (Wildman–Crippen LogP) is 3.69. The van der Waals surface area contributed by atoms with E-state index in [1.54, 1.807) is 47.8 Å². The minimum Gasteiger partial charge on any atom is -0.449 e. The molecule has 11 heteroatoms. The Labute approximate surface area is 194 Å². The van der Waals surface area contributed by atoms with Crippen LogP contribution in [0.5, 0.6) is 0 Å². The Morgan fingerprint density at radius 3 is 2.15 bits per heavy atom. The van der Waals surface area contributed by atoms with Gasteiger partial charge in [0, 0.05) is 18.3 Å². The molecule has 0 bridgehead atoms. The van der Waals surface area contributed by atoms with Gasteiger partial charge in [-0.15, -0.1) is 11.3 Å². The standard InChI is InChI=1S/C22H21N3O6S2/c1-14(21(27)24-17-11-9-16(10-12-17)23-15(2)26)31-22(28)18-6-3-4-7-19(18)25-33(29,30)20-8-5-13-32-20/h3-14,25H,1-2H3,(H,23,26)(H,24,27)/t14-/m1/s1. The highest BCUT2D eigenvalue weighted by atomic mass is 32.2. The highest BCUT2D eigenvalue weighted by Gasteiger charge is 2.23. The lowest BCUT2D eigenvalue weighted by Crippen LogP contribution is -2.30. The van der Waals surface area contributed by atoms with E-state index >= 15 is 0 Å². The van der Waals surface area contributed by atoms with Crippen LogP contribution >= 0.6 is 11.3 Å². The van der Waals surface area contributed by atoms with Gasteiger partial charge in [0.15, 0.2) is 6.10 Å². The molecule has 1 atom stereocenters. The Morgan fingerprint density at radius 2 is 1.55 bits per heavy atom. The molecule has 0 spiro atoms. The van der Waals surface area contributed by atoms with Gasteiger partial charge in [0.2, 0.25) is 5.91 Å². The van der Waals surface area contributed by atoms with Gasteiger partial charge < -0.3 is 15.4 Å². The molecule has 0 unspecified atom stereocenters.